The van der Waals surface area contributed by atoms with Gasteiger partial charge in [-0.2, -0.15) is 0 Å². The van der Waals surface area contributed by atoms with Crippen molar-refractivity contribution in [2.75, 3.05) is 13.1 Å². The lowest BCUT2D eigenvalue weighted by atomic mass is 10.2. The Kier molecular flexibility index (Phi) is 5.55. The lowest BCUT2D eigenvalue weighted by Gasteiger charge is -2.06. The minimum absolute atomic E-state index is 0.260. The van der Waals surface area contributed by atoms with Gasteiger partial charge >= 0.3 is 5.97 Å². The molecular formula is C10H9ClN4O6. The van der Waals surface area contributed by atoms with Crippen LogP contribution >= 0.6 is 11.6 Å². The first-order chi connectivity index (χ1) is 9.81. The second kappa shape index (κ2) is 7.14. The highest BCUT2D eigenvalue weighted by atomic mass is 35.5. The molecule has 112 valence electrons. The van der Waals surface area contributed by atoms with Crippen LogP contribution in [-0.2, 0) is 9.59 Å². The van der Waals surface area contributed by atoms with E-state index in [-0.39, 0.29) is 10.7 Å². The maximum absolute atomic E-state index is 11.7. The van der Waals surface area contributed by atoms with Crippen LogP contribution in [0.2, 0.25) is 5.15 Å². The number of hydrogen-bond donors (Lipinski definition) is 3. The van der Waals surface area contributed by atoms with Crippen LogP contribution in [0, 0.1) is 10.1 Å². The molecular weight excluding hydrogens is 308 g/mol. The Labute approximate surface area is 122 Å². The number of nitro groups is 1. The van der Waals surface area contributed by atoms with E-state index in [4.69, 9.17) is 16.7 Å². The predicted molar refractivity (Wildman–Crippen MR) is 68.9 cm³/mol. The number of halogens is 1. The van der Waals surface area contributed by atoms with Crippen molar-refractivity contribution in [2.24, 2.45) is 0 Å². The monoisotopic (exact) mass is 316 g/mol. The number of aromatic nitrogens is 1. The van der Waals surface area contributed by atoms with E-state index in [2.05, 4.69) is 10.3 Å². The van der Waals surface area contributed by atoms with Gasteiger partial charge in [0.15, 0.2) is 0 Å². The average Bonchev–Trinajstić information content (AvgIpc) is 2.42. The van der Waals surface area contributed by atoms with Crippen LogP contribution < -0.4 is 10.6 Å². The van der Waals surface area contributed by atoms with E-state index < -0.39 is 41.5 Å². The number of nitrogens with zero attached hydrogens (tertiary/aromatic N) is 2. The van der Waals surface area contributed by atoms with Crippen molar-refractivity contribution in [1.82, 2.24) is 15.6 Å². The summed E-state index contributed by atoms with van der Waals surface area (Å²) in [5, 5.41) is 22.8. The largest absolute Gasteiger partial charge is 0.480 e. The standard InChI is InChI=1S/C10H9ClN4O6/c11-9-6(1-5(2-13-9)15(20)21)10(19)14-3-7(16)12-4-8(17)18/h1-2H,3-4H2,(H,12,16)(H,14,19)(H,17,18). The van der Waals surface area contributed by atoms with Gasteiger partial charge in [-0.1, -0.05) is 11.6 Å². The highest BCUT2D eigenvalue weighted by molar-refractivity contribution is 6.32. The van der Waals surface area contributed by atoms with Crippen LogP contribution in [0.15, 0.2) is 12.3 Å². The summed E-state index contributed by atoms with van der Waals surface area (Å²) in [4.78, 5) is 46.5. The first kappa shape index (κ1) is 16.3. The van der Waals surface area contributed by atoms with Crippen molar-refractivity contribution in [3.63, 3.8) is 0 Å². The van der Waals surface area contributed by atoms with Crippen molar-refractivity contribution in [3.8, 4) is 0 Å². The second-order valence-electron chi connectivity index (χ2n) is 3.64. The highest BCUT2D eigenvalue weighted by Crippen LogP contribution is 2.18. The van der Waals surface area contributed by atoms with Gasteiger partial charge in [-0.25, -0.2) is 4.98 Å². The Balaban J connectivity index is 2.67. The molecule has 0 saturated carbocycles. The Hall–Kier alpha value is -2.75. The minimum atomic E-state index is -1.24. The summed E-state index contributed by atoms with van der Waals surface area (Å²) < 4.78 is 0. The molecule has 3 N–H and O–H groups in total. The lowest BCUT2D eigenvalue weighted by molar-refractivity contribution is -0.385. The van der Waals surface area contributed by atoms with E-state index in [1.165, 1.54) is 0 Å². The van der Waals surface area contributed by atoms with Gasteiger partial charge in [-0.15, -0.1) is 0 Å². The molecule has 0 aliphatic heterocycles. The molecule has 1 aromatic rings. The first-order valence-corrected chi connectivity index (χ1v) is 5.75. The molecule has 0 aliphatic carbocycles. The Morgan fingerprint density at radius 3 is 2.57 bits per heavy atom. The summed E-state index contributed by atoms with van der Waals surface area (Å²) in [7, 11) is 0. The van der Waals surface area contributed by atoms with Gasteiger partial charge in [-0.3, -0.25) is 24.5 Å². The molecule has 11 heteroatoms. The molecule has 0 saturated heterocycles. The van der Waals surface area contributed by atoms with Gasteiger partial charge in [0.2, 0.25) is 5.91 Å². The fourth-order valence-corrected chi connectivity index (χ4v) is 1.38. The van der Waals surface area contributed by atoms with Crippen molar-refractivity contribution in [1.29, 1.82) is 0 Å². The molecule has 0 aliphatic rings. The minimum Gasteiger partial charge on any atom is -0.480 e. The zero-order valence-electron chi connectivity index (χ0n) is 10.3. The molecule has 0 fully saturated rings. The van der Waals surface area contributed by atoms with E-state index in [1.807, 2.05) is 5.32 Å². The van der Waals surface area contributed by atoms with Crippen molar-refractivity contribution >= 4 is 35.1 Å². The molecule has 1 rings (SSSR count). The zero-order valence-corrected chi connectivity index (χ0v) is 11.1. The fourth-order valence-electron chi connectivity index (χ4n) is 1.19. The first-order valence-electron chi connectivity index (χ1n) is 5.38. The third-order valence-corrected chi connectivity index (χ3v) is 2.43. The molecule has 2 amide bonds. The van der Waals surface area contributed by atoms with Gasteiger partial charge in [0.05, 0.1) is 17.0 Å². The van der Waals surface area contributed by atoms with Gasteiger partial charge in [-0.05, 0) is 0 Å². The SMILES string of the molecule is O=C(O)CNC(=O)CNC(=O)c1cc([N+](=O)[O-])cnc1Cl. The number of nitrogens with one attached hydrogen (secondary N) is 2. The van der Waals surface area contributed by atoms with E-state index in [9.17, 15) is 24.5 Å². The third-order valence-electron chi connectivity index (χ3n) is 2.13. The molecule has 0 unspecified atom stereocenters. The predicted octanol–water partition coefficient (Wildman–Crippen LogP) is -0.426. The van der Waals surface area contributed by atoms with Gasteiger partial charge in [0.25, 0.3) is 11.6 Å². The van der Waals surface area contributed by atoms with Gasteiger partial charge in [0, 0.05) is 6.07 Å². The molecule has 1 aromatic heterocycles. The van der Waals surface area contributed by atoms with Crippen LogP contribution in [0.5, 0.6) is 0 Å². The van der Waals surface area contributed by atoms with Gasteiger partial charge < -0.3 is 15.7 Å². The topological polar surface area (TPSA) is 152 Å². The van der Waals surface area contributed by atoms with Crippen molar-refractivity contribution < 1.29 is 24.4 Å². The van der Waals surface area contributed by atoms with Crippen molar-refractivity contribution in [3.05, 3.63) is 33.1 Å². The molecule has 21 heavy (non-hydrogen) atoms. The lowest BCUT2D eigenvalue weighted by Crippen LogP contribution is -2.39. The number of carbonyl (C=O) groups excluding carboxylic acids is 2. The normalized spacial score (nSPS) is 9.76. The molecule has 0 bridgehead atoms. The molecule has 1 heterocycles. The number of rotatable bonds is 6. The number of amides is 2. The molecule has 0 radical (unpaired) electrons. The van der Waals surface area contributed by atoms with E-state index in [1.54, 1.807) is 0 Å². The highest BCUT2D eigenvalue weighted by Gasteiger charge is 2.17. The number of pyridine rings is 1. The number of aliphatic carboxylic acids is 1. The summed E-state index contributed by atoms with van der Waals surface area (Å²) in [6.45, 7) is -1.10. The molecule has 0 spiro atoms. The number of carbonyl (C=O) groups is 3. The van der Waals surface area contributed by atoms with E-state index in [0.717, 1.165) is 12.3 Å². The summed E-state index contributed by atoms with van der Waals surface area (Å²) in [5.41, 5.74) is -0.697. The fraction of sp³-hybridized carbons (Fsp3) is 0.200. The number of hydrogen-bond acceptors (Lipinski definition) is 6. The zero-order chi connectivity index (χ0) is 16.0. The number of carboxylic acid groups (broad SMARTS) is 1. The molecule has 0 aromatic carbocycles. The van der Waals surface area contributed by atoms with Crippen LogP contribution in [0.1, 0.15) is 10.4 Å². The maximum atomic E-state index is 11.7. The van der Waals surface area contributed by atoms with Crippen LogP contribution in [0.25, 0.3) is 0 Å². The summed E-state index contributed by atoms with van der Waals surface area (Å²) in [6.07, 6.45) is 0.888. The average molecular weight is 317 g/mol. The smallest absolute Gasteiger partial charge is 0.322 e. The molecule has 0 atom stereocenters. The Bertz CT molecular complexity index is 605. The van der Waals surface area contributed by atoms with Crippen LogP contribution in [0.3, 0.4) is 0 Å². The molecule has 10 nitrogen and oxygen atoms in total. The number of carboxylic acids is 1. The summed E-state index contributed by atoms with van der Waals surface area (Å²) in [6, 6.07) is 0.916. The quantitative estimate of drug-likeness (QED) is 0.366. The van der Waals surface area contributed by atoms with Crippen LogP contribution in [0.4, 0.5) is 5.69 Å². The second-order valence-corrected chi connectivity index (χ2v) is 4.00. The van der Waals surface area contributed by atoms with Crippen LogP contribution in [-0.4, -0.2) is 45.9 Å². The maximum Gasteiger partial charge on any atom is 0.322 e. The third kappa shape index (κ3) is 5.03. The van der Waals surface area contributed by atoms with E-state index in [0.29, 0.717) is 0 Å². The van der Waals surface area contributed by atoms with Crippen molar-refractivity contribution in [2.45, 2.75) is 0 Å². The Morgan fingerprint density at radius 1 is 1.33 bits per heavy atom. The Morgan fingerprint density at radius 2 is 2.00 bits per heavy atom. The van der Waals surface area contributed by atoms with E-state index >= 15 is 0 Å². The summed E-state index contributed by atoms with van der Waals surface area (Å²) in [5.74, 6) is -2.82. The summed E-state index contributed by atoms with van der Waals surface area (Å²) >= 11 is 5.64. The van der Waals surface area contributed by atoms with Gasteiger partial charge in [0.1, 0.15) is 17.9 Å².